The van der Waals surface area contributed by atoms with E-state index in [0.717, 1.165) is 19.3 Å². The van der Waals surface area contributed by atoms with Crippen molar-refractivity contribution in [1.82, 2.24) is 5.32 Å². The zero-order valence-corrected chi connectivity index (χ0v) is 11.6. The number of carbonyl (C=O) groups is 1. The molecule has 1 aromatic carbocycles. The van der Waals surface area contributed by atoms with Gasteiger partial charge >= 0.3 is 0 Å². The first-order chi connectivity index (χ1) is 9.04. The number of hydrogen-bond acceptors (Lipinski definition) is 3. The topological polar surface area (TPSA) is 69.6 Å². The quantitative estimate of drug-likeness (QED) is 0.700. The predicted molar refractivity (Wildman–Crippen MR) is 75.1 cm³/mol. The van der Waals surface area contributed by atoms with E-state index in [1.807, 2.05) is 12.1 Å². The van der Waals surface area contributed by atoms with Gasteiger partial charge in [-0.1, -0.05) is 25.5 Å². The summed E-state index contributed by atoms with van der Waals surface area (Å²) >= 11 is 0. The molecule has 1 rings (SSSR count). The molecular weight excluding hydrogens is 242 g/mol. The molecule has 0 fully saturated rings. The van der Waals surface area contributed by atoms with Gasteiger partial charge in [-0.05, 0) is 37.5 Å². The Bertz CT molecular complexity index is 396. The highest BCUT2D eigenvalue weighted by molar-refractivity contribution is 5.94. The molecule has 3 N–H and O–H groups in total. The predicted octanol–water partition coefficient (Wildman–Crippen LogP) is 1.50. The number of aryl methyl sites for hydroxylation is 1. The van der Waals surface area contributed by atoms with Gasteiger partial charge in [-0.2, -0.15) is 0 Å². The molecule has 0 spiro atoms. The first-order valence-electron chi connectivity index (χ1n) is 6.68. The van der Waals surface area contributed by atoms with Gasteiger partial charge in [-0.25, -0.2) is 0 Å². The highest BCUT2D eigenvalue weighted by atomic mass is 16.3. The average molecular weight is 265 g/mol. The maximum absolute atomic E-state index is 12.0. The maximum atomic E-state index is 12.0. The van der Waals surface area contributed by atoms with Crippen molar-refractivity contribution in [1.29, 1.82) is 0 Å². The molecular formula is C15H23NO3. The molecule has 1 aromatic rings. The van der Waals surface area contributed by atoms with Gasteiger partial charge in [-0.3, -0.25) is 4.79 Å². The first-order valence-corrected chi connectivity index (χ1v) is 6.68. The van der Waals surface area contributed by atoms with Crippen molar-refractivity contribution in [2.75, 3.05) is 13.2 Å². The molecule has 0 saturated carbocycles. The van der Waals surface area contributed by atoms with Crippen LogP contribution in [0.2, 0.25) is 0 Å². The number of carbonyl (C=O) groups excluding carboxylic acids is 1. The van der Waals surface area contributed by atoms with Gasteiger partial charge in [0.2, 0.25) is 0 Å². The summed E-state index contributed by atoms with van der Waals surface area (Å²) in [6.45, 7) is 3.14. The van der Waals surface area contributed by atoms with E-state index in [4.69, 9.17) is 10.2 Å². The summed E-state index contributed by atoms with van der Waals surface area (Å²) in [5.41, 5.74) is 0.761. The Morgan fingerprint density at radius 3 is 2.26 bits per heavy atom. The molecule has 0 aromatic heterocycles. The van der Waals surface area contributed by atoms with Crippen LogP contribution >= 0.6 is 0 Å². The van der Waals surface area contributed by atoms with Crippen LogP contribution in [0.1, 0.15) is 42.6 Å². The summed E-state index contributed by atoms with van der Waals surface area (Å²) in [5.74, 6) is -0.285. The fourth-order valence-corrected chi connectivity index (χ4v) is 1.68. The number of benzene rings is 1. The second-order valence-corrected chi connectivity index (χ2v) is 5.13. The van der Waals surface area contributed by atoms with E-state index in [1.165, 1.54) is 5.56 Å². The lowest BCUT2D eigenvalue weighted by molar-refractivity contribution is 0.0724. The van der Waals surface area contributed by atoms with Crippen LogP contribution in [0.25, 0.3) is 0 Å². The number of hydrogen-bond donors (Lipinski definition) is 3. The van der Waals surface area contributed by atoms with E-state index in [1.54, 1.807) is 19.1 Å². The van der Waals surface area contributed by atoms with E-state index < -0.39 is 5.54 Å². The number of nitrogens with one attached hydrogen (secondary N) is 1. The maximum Gasteiger partial charge on any atom is 0.251 e. The Morgan fingerprint density at radius 1 is 1.21 bits per heavy atom. The van der Waals surface area contributed by atoms with Gasteiger partial charge in [0.25, 0.3) is 5.91 Å². The highest BCUT2D eigenvalue weighted by Gasteiger charge is 2.24. The van der Waals surface area contributed by atoms with Crippen molar-refractivity contribution in [3.63, 3.8) is 0 Å². The molecule has 0 saturated heterocycles. The number of aliphatic hydroxyl groups is 2. The van der Waals surface area contributed by atoms with Gasteiger partial charge in [0.15, 0.2) is 0 Å². The fraction of sp³-hybridized carbons (Fsp3) is 0.533. The molecule has 1 amide bonds. The van der Waals surface area contributed by atoms with E-state index in [9.17, 15) is 4.79 Å². The smallest absolute Gasteiger partial charge is 0.251 e. The number of aliphatic hydroxyl groups excluding tert-OH is 2. The molecule has 19 heavy (non-hydrogen) atoms. The fourth-order valence-electron chi connectivity index (χ4n) is 1.68. The summed E-state index contributed by atoms with van der Waals surface area (Å²) in [6, 6.07) is 7.44. The van der Waals surface area contributed by atoms with Crippen LogP contribution in [0.15, 0.2) is 24.3 Å². The minimum Gasteiger partial charge on any atom is -0.394 e. The Balaban J connectivity index is 2.67. The summed E-state index contributed by atoms with van der Waals surface area (Å²) in [5, 5.41) is 20.9. The third-order valence-electron chi connectivity index (χ3n) is 3.15. The van der Waals surface area contributed by atoms with Crippen LogP contribution in [0.4, 0.5) is 0 Å². The molecule has 4 heteroatoms. The zero-order chi connectivity index (χ0) is 14.3. The van der Waals surface area contributed by atoms with Crippen molar-refractivity contribution < 1.29 is 15.0 Å². The summed E-state index contributed by atoms with van der Waals surface area (Å²) in [6.07, 6.45) is 3.30. The zero-order valence-electron chi connectivity index (χ0n) is 11.6. The molecule has 0 aliphatic rings. The largest absolute Gasteiger partial charge is 0.394 e. The van der Waals surface area contributed by atoms with Gasteiger partial charge < -0.3 is 15.5 Å². The first kappa shape index (κ1) is 15.7. The van der Waals surface area contributed by atoms with Crippen LogP contribution in [0.3, 0.4) is 0 Å². The standard InChI is InChI=1S/C15H23NO3/c1-3-4-5-12-6-8-13(9-7-12)14(19)16-15(2,10-17)11-18/h6-9,17-18H,3-5,10-11H2,1-2H3,(H,16,19). The molecule has 4 nitrogen and oxygen atoms in total. The van der Waals surface area contributed by atoms with Crippen molar-refractivity contribution in [3.8, 4) is 0 Å². The van der Waals surface area contributed by atoms with Crippen molar-refractivity contribution in [2.24, 2.45) is 0 Å². The second kappa shape index (κ2) is 7.26. The minimum atomic E-state index is -0.988. The Kier molecular flexibility index (Phi) is 5.99. The molecule has 0 bridgehead atoms. The molecule has 0 heterocycles. The third-order valence-corrected chi connectivity index (χ3v) is 3.15. The minimum absolute atomic E-state index is 0.285. The lowest BCUT2D eigenvalue weighted by Crippen LogP contribution is -2.51. The molecule has 0 aliphatic heterocycles. The number of unbranched alkanes of at least 4 members (excludes halogenated alkanes) is 1. The Labute approximate surface area is 114 Å². The Hall–Kier alpha value is -1.39. The van der Waals surface area contributed by atoms with Crippen molar-refractivity contribution in [2.45, 2.75) is 38.6 Å². The highest BCUT2D eigenvalue weighted by Crippen LogP contribution is 2.09. The SMILES string of the molecule is CCCCc1ccc(C(=O)NC(C)(CO)CO)cc1. The van der Waals surface area contributed by atoms with Gasteiger partial charge in [-0.15, -0.1) is 0 Å². The lowest BCUT2D eigenvalue weighted by atomic mass is 10.0. The Morgan fingerprint density at radius 2 is 1.79 bits per heavy atom. The van der Waals surface area contributed by atoms with Gasteiger partial charge in [0.1, 0.15) is 0 Å². The normalized spacial score (nSPS) is 11.4. The molecule has 0 radical (unpaired) electrons. The molecule has 0 unspecified atom stereocenters. The van der Waals surface area contributed by atoms with Crippen LogP contribution in [0, 0.1) is 0 Å². The third kappa shape index (κ3) is 4.65. The molecule has 0 atom stereocenters. The van der Waals surface area contributed by atoms with Crippen LogP contribution in [0.5, 0.6) is 0 Å². The second-order valence-electron chi connectivity index (χ2n) is 5.13. The van der Waals surface area contributed by atoms with Crippen molar-refractivity contribution >= 4 is 5.91 Å². The molecule has 0 aliphatic carbocycles. The summed E-state index contributed by atoms with van der Waals surface area (Å²) in [4.78, 5) is 12.0. The van der Waals surface area contributed by atoms with Crippen LogP contribution in [-0.4, -0.2) is 34.9 Å². The lowest BCUT2D eigenvalue weighted by Gasteiger charge is -2.26. The number of amides is 1. The summed E-state index contributed by atoms with van der Waals surface area (Å²) in [7, 11) is 0. The van der Waals surface area contributed by atoms with E-state index in [2.05, 4.69) is 12.2 Å². The van der Waals surface area contributed by atoms with Crippen LogP contribution < -0.4 is 5.32 Å². The molecule has 106 valence electrons. The monoisotopic (exact) mass is 265 g/mol. The van der Waals surface area contributed by atoms with E-state index in [-0.39, 0.29) is 19.1 Å². The van der Waals surface area contributed by atoms with Gasteiger partial charge in [0.05, 0.1) is 18.8 Å². The van der Waals surface area contributed by atoms with Crippen molar-refractivity contribution in [3.05, 3.63) is 35.4 Å². The van der Waals surface area contributed by atoms with Crippen LogP contribution in [-0.2, 0) is 6.42 Å². The average Bonchev–Trinajstić information content (AvgIpc) is 2.45. The van der Waals surface area contributed by atoms with E-state index in [0.29, 0.717) is 5.56 Å². The van der Waals surface area contributed by atoms with E-state index >= 15 is 0 Å². The van der Waals surface area contributed by atoms with Gasteiger partial charge in [0, 0.05) is 5.56 Å². The number of rotatable bonds is 7. The summed E-state index contributed by atoms with van der Waals surface area (Å²) < 4.78 is 0.